The van der Waals surface area contributed by atoms with Gasteiger partial charge in [-0.15, -0.1) is 5.10 Å². The Morgan fingerprint density at radius 3 is 2.62 bits per heavy atom. The fourth-order valence-corrected chi connectivity index (χ4v) is 5.84. The molecule has 0 atom stereocenters. The molecule has 40 heavy (non-hydrogen) atoms. The van der Waals surface area contributed by atoms with E-state index in [2.05, 4.69) is 43.3 Å². The summed E-state index contributed by atoms with van der Waals surface area (Å²) >= 11 is 0. The molecule has 0 unspecified atom stereocenters. The number of amides is 1. The highest BCUT2D eigenvalue weighted by atomic mass is 19.3. The van der Waals surface area contributed by atoms with Gasteiger partial charge < -0.3 is 20.0 Å². The number of halogens is 2. The number of nitrogens with one attached hydrogen (secondary N) is 1. The number of carbonyl (C=O) groups excluding carboxylic acids is 1. The maximum absolute atomic E-state index is 13.7. The standard InChI is InChI=1S/C26H33F2N11O/c1-34-11-13-35(14-12-34)22(40)17-38-16-20(15-30-38)31-24-32-23-21(3-2-8-39(23)33-24)36-18-25(19-36,4-7-29)37-9-5-26(27,28)6-10-37/h2-3,8,15-16H,4-6,9-14,17-19H2,1H3,(H,31,33). The predicted molar refractivity (Wildman–Crippen MR) is 144 cm³/mol. The van der Waals surface area contributed by atoms with Gasteiger partial charge in [0.1, 0.15) is 6.54 Å². The van der Waals surface area contributed by atoms with Gasteiger partial charge in [-0.2, -0.15) is 15.3 Å². The number of hydrogen-bond acceptors (Lipinski definition) is 9. The molecule has 3 aromatic heterocycles. The second kappa shape index (κ2) is 10.3. The van der Waals surface area contributed by atoms with Crippen LogP contribution in [0.5, 0.6) is 0 Å². The minimum Gasteiger partial charge on any atom is -0.365 e. The molecule has 1 N–H and O–H groups in total. The summed E-state index contributed by atoms with van der Waals surface area (Å²) in [7, 11) is 2.05. The minimum absolute atomic E-state index is 0.0403. The van der Waals surface area contributed by atoms with Crippen LogP contribution < -0.4 is 10.2 Å². The van der Waals surface area contributed by atoms with Crippen LogP contribution in [0.1, 0.15) is 19.3 Å². The first kappa shape index (κ1) is 26.4. The van der Waals surface area contributed by atoms with Crippen molar-refractivity contribution in [3.05, 3.63) is 30.7 Å². The van der Waals surface area contributed by atoms with Gasteiger partial charge in [0.15, 0.2) is 5.65 Å². The van der Waals surface area contributed by atoms with Crippen LogP contribution in [-0.4, -0.2) is 116 Å². The van der Waals surface area contributed by atoms with E-state index in [-0.39, 0.29) is 25.3 Å². The molecule has 3 aliphatic heterocycles. The van der Waals surface area contributed by atoms with Crippen LogP contribution in [0.15, 0.2) is 30.7 Å². The Morgan fingerprint density at radius 2 is 1.90 bits per heavy atom. The third-order valence-electron chi connectivity index (χ3n) is 8.27. The van der Waals surface area contributed by atoms with E-state index in [1.54, 1.807) is 21.6 Å². The minimum atomic E-state index is -2.62. The number of nitrogens with zero attached hydrogens (tertiary/aromatic N) is 10. The lowest BCUT2D eigenvalue weighted by molar-refractivity contribution is -0.133. The first-order valence-corrected chi connectivity index (χ1v) is 13.6. The van der Waals surface area contributed by atoms with Crippen LogP contribution in [0, 0.1) is 11.3 Å². The van der Waals surface area contributed by atoms with Crippen molar-refractivity contribution < 1.29 is 13.6 Å². The second-order valence-corrected chi connectivity index (χ2v) is 11.1. The second-order valence-electron chi connectivity index (χ2n) is 11.1. The topological polar surface area (TPSA) is 114 Å². The highest BCUT2D eigenvalue weighted by molar-refractivity contribution is 5.76. The molecule has 1 amide bonds. The number of hydrogen-bond donors (Lipinski definition) is 1. The van der Waals surface area contributed by atoms with Gasteiger partial charge >= 0.3 is 0 Å². The van der Waals surface area contributed by atoms with Gasteiger partial charge in [0.05, 0.1) is 35.6 Å². The first-order valence-electron chi connectivity index (χ1n) is 13.6. The van der Waals surface area contributed by atoms with Gasteiger partial charge in [0.25, 0.3) is 5.92 Å². The van der Waals surface area contributed by atoms with E-state index in [4.69, 9.17) is 4.98 Å². The van der Waals surface area contributed by atoms with Gasteiger partial charge in [-0.1, -0.05) is 0 Å². The van der Waals surface area contributed by atoms with Crippen LogP contribution in [0.25, 0.3) is 5.65 Å². The molecule has 212 valence electrons. The molecule has 3 aromatic rings. The van der Waals surface area contributed by atoms with E-state index in [9.17, 15) is 18.8 Å². The smallest absolute Gasteiger partial charge is 0.250 e. The summed E-state index contributed by atoms with van der Waals surface area (Å²) in [6.45, 7) is 5.06. The van der Waals surface area contributed by atoms with Crippen molar-refractivity contribution in [1.82, 2.24) is 39.1 Å². The summed E-state index contributed by atoms with van der Waals surface area (Å²) in [5, 5.41) is 21.5. The van der Waals surface area contributed by atoms with Crippen molar-refractivity contribution in [2.45, 2.75) is 37.3 Å². The summed E-state index contributed by atoms with van der Waals surface area (Å²) < 4.78 is 30.8. The molecule has 0 radical (unpaired) electrons. The molecule has 0 bridgehead atoms. The normalized spacial score (nSPS) is 21.2. The Hall–Kier alpha value is -3.83. The fraction of sp³-hybridized carbons (Fsp3) is 0.577. The number of fused-ring (bicyclic) bond motifs is 1. The molecular weight excluding hydrogens is 520 g/mol. The summed E-state index contributed by atoms with van der Waals surface area (Å²) in [6, 6.07) is 6.11. The number of carbonyl (C=O) groups is 1. The number of likely N-dealkylation sites (tertiary alicyclic amines) is 1. The zero-order valence-electron chi connectivity index (χ0n) is 22.5. The van der Waals surface area contributed by atoms with Gasteiger partial charge in [0.2, 0.25) is 11.9 Å². The summed E-state index contributed by atoms with van der Waals surface area (Å²) in [4.78, 5) is 25.6. The fourth-order valence-electron chi connectivity index (χ4n) is 5.84. The number of aromatic nitrogens is 5. The number of likely N-dealkylation sites (N-methyl/N-ethyl adjacent to an activating group) is 1. The van der Waals surface area contributed by atoms with Gasteiger partial charge in [0, 0.05) is 77.6 Å². The Kier molecular flexibility index (Phi) is 6.79. The summed E-state index contributed by atoms with van der Waals surface area (Å²) in [6.07, 6.45) is 5.15. The van der Waals surface area contributed by atoms with E-state index in [1.165, 1.54) is 0 Å². The molecule has 0 spiro atoms. The Bertz CT molecular complexity index is 1410. The highest BCUT2D eigenvalue weighted by Crippen LogP contribution is 2.40. The lowest BCUT2D eigenvalue weighted by Gasteiger charge is -2.57. The Balaban J connectivity index is 1.12. The quantitative estimate of drug-likeness (QED) is 0.467. The predicted octanol–water partition coefficient (Wildman–Crippen LogP) is 1.65. The molecule has 14 heteroatoms. The van der Waals surface area contributed by atoms with Gasteiger partial charge in [-0.25, -0.2) is 13.3 Å². The lowest BCUT2D eigenvalue weighted by atomic mass is 9.82. The summed E-state index contributed by atoms with van der Waals surface area (Å²) in [5.41, 5.74) is 1.75. The molecular formula is C26H33F2N11O. The van der Waals surface area contributed by atoms with Gasteiger partial charge in [-0.3, -0.25) is 14.4 Å². The molecule has 0 saturated carbocycles. The monoisotopic (exact) mass is 553 g/mol. The Labute approximate surface area is 230 Å². The van der Waals surface area contributed by atoms with E-state index in [1.807, 2.05) is 23.2 Å². The Morgan fingerprint density at radius 1 is 1.15 bits per heavy atom. The van der Waals surface area contributed by atoms with Crippen molar-refractivity contribution in [1.29, 1.82) is 5.26 Å². The van der Waals surface area contributed by atoms with Crippen LogP contribution in [0.4, 0.5) is 26.1 Å². The van der Waals surface area contributed by atoms with Crippen molar-refractivity contribution in [3.63, 3.8) is 0 Å². The van der Waals surface area contributed by atoms with Crippen LogP contribution in [0.3, 0.4) is 0 Å². The molecule has 3 fully saturated rings. The molecule has 3 aliphatic rings. The highest BCUT2D eigenvalue weighted by Gasteiger charge is 2.50. The number of piperidine rings is 1. The van der Waals surface area contributed by atoms with Crippen molar-refractivity contribution >= 4 is 28.9 Å². The first-order chi connectivity index (χ1) is 19.2. The summed E-state index contributed by atoms with van der Waals surface area (Å²) in [5.74, 6) is -2.20. The lowest BCUT2D eigenvalue weighted by Crippen LogP contribution is -2.71. The van der Waals surface area contributed by atoms with Crippen LogP contribution >= 0.6 is 0 Å². The molecule has 6 rings (SSSR count). The third-order valence-corrected chi connectivity index (χ3v) is 8.27. The van der Waals surface area contributed by atoms with Crippen molar-refractivity contribution in [3.8, 4) is 6.07 Å². The van der Waals surface area contributed by atoms with E-state index in [0.717, 1.165) is 31.9 Å². The van der Waals surface area contributed by atoms with Crippen molar-refractivity contribution in [2.24, 2.45) is 0 Å². The van der Waals surface area contributed by atoms with Crippen LogP contribution in [-0.2, 0) is 11.3 Å². The molecule has 12 nitrogen and oxygen atoms in total. The van der Waals surface area contributed by atoms with Gasteiger partial charge in [-0.05, 0) is 19.2 Å². The van der Waals surface area contributed by atoms with Crippen molar-refractivity contribution in [2.75, 3.05) is 69.6 Å². The molecule has 0 aliphatic carbocycles. The average molecular weight is 554 g/mol. The number of piperazine rings is 1. The third kappa shape index (κ3) is 5.18. The number of rotatable bonds is 7. The largest absolute Gasteiger partial charge is 0.365 e. The maximum Gasteiger partial charge on any atom is 0.250 e. The van der Waals surface area contributed by atoms with Crippen LogP contribution in [0.2, 0.25) is 0 Å². The van der Waals surface area contributed by atoms with E-state index < -0.39 is 11.5 Å². The molecule has 6 heterocycles. The SMILES string of the molecule is CN1CCN(C(=O)Cn2cc(Nc3nc4c(N5CC(CC#N)(N6CCC(F)(F)CC6)C5)cccn4n3)cn2)CC1. The molecule has 0 aromatic carbocycles. The van der Waals surface area contributed by atoms with E-state index >= 15 is 0 Å². The number of anilines is 3. The number of alkyl halides is 2. The van der Waals surface area contributed by atoms with E-state index in [0.29, 0.717) is 49.9 Å². The number of pyridine rings is 1. The zero-order chi connectivity index (χ0) is 27.9. The number of nitriles is 1. The molecule has 3 saturated heterocycles. The average Bonchev–Trinajstić information content (AvgIpc) is 3.52. The maximum atomic E-state index is 13.7. The zero-order valence-corrected chi connectivity index (χ0v) is 22.5.